The van der Waals surface area contributed by atoms with Gasteiger partial charge in [-0.05, 0) is 11.6 Å². The van der Waals surface area contributed by atoms with Gasteiger partial charge in [0.1, 0.15) is 0 Å². The van der Waals surface area contributed by atoms with Crippen LogP contribution in [0.15, 0.2) is 28.8 Å². The molecule has 6 nitrogen and oxygen atoms in total. The summed E-state index contributed by atoms with van der Waals surface area (Å²) in [4.78, 5) is 6.15. The topological polar surface area (TPSA) is 82.6 Å². The van der Waals surface area contributed by atoms with E-state index in [1.807, 2.05) is 29.2 Å². The van der Waals surface area contributed by atoms with Crippen LogP contribution < -0.4 is 0 Å². The lowest BCUT2D eigenvalue weighted by Gasteiger charge is -2.17. The van der Waals surface area contributed by atoms with E-state index in [0.29, 0.717) is 42.8 Å². The van der Waals surface area contributed by atoms with Crippen LogP contribution in [0.25, 0.3) is 0 Å². The summed E-state index contributed by atoms with van der Waals surface area (Å²) in [5.74, 6) is 1.02. The molecule has 0 radical (unpaired) electrons. The maximum atomic E-state index is 8.97. The molecule has 21 heavy (non-hydrogen) atoms. The number of aliphatic hydroxyl groups excluding tert-OH is 2. The van der Waals surface area contributed by atoms with Gasteiger partial charge in [0.05, 0.1) is 19.8 Å². The van der Waals surface area contributed by atoms with E-state index in [4.69, 9.17) is 26.3 Å². The molecule has 0 saturated heterocycles. The molecule has 0 amide bonds. The minimum atomic E-state index is 0.0145. The van der Waals surface area contributed by atoms with Crippen LogP contribution in [0.3, 0.4) is 0 Å². The lowest BCUT2D eigenvalue weighted by molar-refractivity contribution is 0.143. The Balaban J connectivity index is 1.99. The van der Waals surface area contributed by atoms with E-state index in [1.54, 1.807) is 0 Å². The summed E-state index contributed by atoms with van der Waals surface area (Å²) in [6, 6.07) is 7.52. The van der Waals surface area contributed by atoms with Gasteiger partial charge in [-0.1, -0.05) is 35.0 Å². The molecule has 0 fully saturated rings. The average Bonchev–Trinajstić information content (AvgIpc) is 2.89. The minimum absolute atomic E-state index is 0.0145. The summed E-state index contributed by atoms with van der Waals surface area (Å²) in [6.07, 6.45) is 0.503. The van der Waals surface area contributed by atoms with Gasteiger partial charge in [-0.2, -0.15) is 4.98 Å². The van der Waals surface area contributed by atoms with E-state index in [9.17, 15) is 0 Å². The fourth-order valence-corrected chi connectivity index (χ4v) is 2.18. The van der Waals surface area contributed by atoms with Gasteiger partial charge >= 0.3 is 0 Å². The van der Waals surface area contributed by atoms with E-state index in [0.717, 1.165) is 5.56 Å². The number of aromatic nitrogens is 2. The zero-order chi connectivity index (χ0) is 15.1. The monoisotopic (exact) mass is 311 g/mol. The largest absolute Gasteiger partial charge is 0.395 e. The molecule has 0 saturated carbocycles. The van der Waals surface area contributed by atoms with Crippen molar-refractivity contribution in [3.05, 3.63) is 46.6 Å². The molecule has 0 aliphatic rings. The fourth-order valence-electron chi connectivity index (χ4n) is 1.98. The van der Waals surface area contributed by atoms with E-state index in [2.05, 4.69) is 10.1 Å². The average molecular weight is 312 g/mol. The van der Waals surface area contributed by atoms with Crippen molar-refractivity contribution in [2.45, 2.75) is 13.0 Å². The van der Waals surface area contributed by atoms with Crippen molar-refractivity contribution in [2.75, 3.05) is 26.3 Å². The quantitative estimate of drug-likeness (QED) is 0.759. The van der Waals surface area contributed by atoms with Gasteiger partial charge in [-0.3, -0.25) is 4.90 Å². The Morgan fingerprint density at radius 2 is 1.86 bits per heavy atom. The Morgan fingerprint density at radius 3 is 2.52 bits per heavy atom. The van der Waals surface area contributed by atoms with Crippen molar-refractivity contribution in [2.24, 2.45) is 0 Å². The van der Waals surface area contributed by atoms with Crippen molar-refractivity contribution in [1.82, 2.24) is 15.0 Å². The van der Waals surface area contributed by atoms with Crippen LogP contribution in [0.2, 0.25) is 5.02 Å². The highest BCUT2D eigenvalue weighted by molar-refractivity contribution is 6.31. The third-order valence-electron chi connectivity index (χ3n) is 3.01. The van der Waals surface area contributed by atoms with Gasteiger partial charge in [0.2, 0.25) is 5.89 Å². The van der Waals surface area contributed by atoms with Crippen molar-refractivity contribution in [3.63, 3.8) is 0 Å². The molecule has 2 rings (SSSR count). The van der Waals surface area contributed by atoms with Crippen LogP contribution in [0.5, 0.6) is 0 Å². The summed E-state index contributed by atoms with van der Waals surface area (Å²) in [5.41, 5.74) is 0.939. The number of hydrogen-bond donors (Lipinski definition) is 2. The summed E-state index contributed by atoms with van der Waals surface area (Å²) < 4.78 is 5.19. The minimum Gasteiger partial charge on any atom is -0.395 e. The first-order chi connectivity index (χ1) is 10.2. The predicted molar refractivity (Wildman–Crippen MR) is 78.0 cm³/mol. The van der Waals surface area contributed by atoms with Crippen molar-refractivity contribution in [1.29, 1.82) is 0 Å². The number of aliphatic hydroxyl groups is 2. The van der Waals surface area contributed by atoms with E-state index in [1.165, 1.54) is 0 Å². The smallest absolute Gasteiger partial charge is 0.240 e. The van der Waals surface area contributed by atoms with Crippen molar-refractivity contribution in [3.8, 4) is 0 Å². The first-order valence-electron chi connectivity index (χ1n) is 6.72. The van der Waals surface area contributed by atoms with Crippen LogP contribution in [-0.2, 0) is 13.0 Å². The van der Waals surface area contributed by atoms with Crippen LogP contribution >= 0.6 is 11.6 Å². The number of nitrogens with zero attached hydrogens (tertiary/aromatic N) is 3. The van der Waals surface area contributed by atoms with Gasteiger partial charge in [0.25, 0.3) is 0 Å². The summed E-state index contributed by atoms with van der Waals surface area (Å²) in [6.45, 7) is 1.32. The molecule has 0 unspecified atom stereocenters. The second-order valence-corrected chi connectivity index (χ2v) is 5.00. The standard InChI is InChI=1S/C14H18ClN3O3/c15-12-4-2-1-3-11(12)9-13-16-14(21-17-13)10-18(5-7-19)6-8-20/h1-4,19-20H,5-10H2. The maximum absolute atomic E-state index is 8.97. The highest BCUT2D eigenvalue weighted by Gasteiger charge is 2.12. The molecular formula is C14H18ClN3O3. The van der Waals surface area contributed by atoms with Crippen LogP contribution in [0, 0.1) is 0 Å². The number of hydrogen-bond acceptors (Lipinski definition) is 6. The highest BCUT2D eigenvalue weighted by atomic mass is 35.5. The Hall–Kier alpha value is -1.47. The molecule has 0 aliphatic heterocycles. The number of halogens is 1. The Morgan fingerprint density at radius 1 is 1.14 bits per heavy atom. The van der Waals surface area contributed by atoms with Crippen molar-refractivity contribution < 1.29 is 14.7 Å². The van der Waals surface area contributed by atoms with Crippen molar-refractivity contribution >= 4 is 11.6 Å². The molecule has 0 spiro atoms. The van der Waals surface area contributed by atoms with Gasteiger partial charge in [0.15, 0.2) is 5.82 Å². The van der Waals surface area contributed by atoms with E-state index >= 15 is 0 Å². The zero-order valence-electron chi connectivity index (χ0n) is 11.6. The van der Waals surface area contributed by atoms with E-state index in [-0.39, 0.29) is 13.2 Å². The molecule has 0 aliphatic carbocycles. The van der Waals surface area contributed by atoms with Crippen LogP contribution in [-0.4, -0.2) is 51.6 Å². The van der Waals surface area contributed by atoms with Crippen LogP contribution in [0.1, 0.15) is 17.3 Å². The summed E-state index contributed by atoms with van der Waals surface area (Å²) in [7, 11) is 0. The van der Waals surface area contributed by atoms with Gasteiger partial charge < -0.3 is 14.7 Å². The fraction of sp³-hybridized carbons (Fsp3) is 0.429. The van der Waals surface area contributed by atoms with Gasteiger partial charge in [-0.25, -0.2) is 0 Å². The second-order valence-electron chi connectivity index (χ2n) is 4.60. The summed E-state index contributed by atoms with van der Waals surface area (Å²) in [5, 5.41) is 22.5. The molecule has 1 heterocycles. The predicted octanol–water partition coefficient (Wildman–Crippen LogP) is 1.10. The van der Waals surface area contributed by atoms with Crippen LogP contribution in [0.4, 0.5) is 0 Å². The molecular weight excluding hydrogens is 294 g/mol. The highest BCUT2D eigenvalue weighted by Crippen LogP contribution is 2.17. The first-order valence-corrected chi connectivity index (χ1v) is 7.09. The van der Waals surface area contributed by atoms with E-state index < -0.39 is 0 Å². The Bertz CT molecular complexity index is 556. The molecule has 7 heteroatoms. The number of benzene rings is 1. The second kappa shape index (κ2) is 8.09. The Labute approximate surface area is 128 Å². The third kappa shape index (κ3) is 4.78. The van der Waals surface area contributed by atoms with Gasteiger partial charge in [0, 0.05) is 24.5 Å². The lowest BCUT2D eigenvalue weighted by atomic mass is 10.1. The molecule has 114 valence electrons. The number of rotatable bonds is 8. The Kier molecular flexibility index (Phi) is 6.13. The normalized spacial score (nSPS) is 11.2. The third-order valence-corrected chi connectivity index (χ3v) is 3.38. The molecule has 0 atom stereocenters. The molecule has 2 aromatic rings. The first kappa shape index (κ1) is 15.9. The maximum Gasteiger partial charge on any atom is 0.240 e. The zero-order valence-corrected chi connectivity index (χ0v) is 12.3. The lowest BCUT2D eigenvalue weighted by Crippen LogP contribution is -2.29. The van der Waals surface area contributed by atoms with Gasteiger partial charge in [-0.15, -0.1) is 0 Å². The molecule has 2 N–H and O–H groups in total. The SMILES string of the molecule is OCCN(CCO)Cc1nc(Cc2ccccc2Cl)no1. The molecule has 1 aromatic carbocycles. The summed E-state index contributed by atoms with van der Waals surface area (Å²) >= 11 is 6.10. The molecule has 1 aromatic heterocycles. The molecule has 0 bridgehead atoms.